The first kappa shape index (κ1) is 18.3. The van der Waals surface area contributed by atoms with Gasteiger partial charge in [-0.3, -0.25) is 0 Å². The van der Waals surface area contributed by atoms with E-state index in [1.807, 2.05) is 6.92 Å². The Morgan fingerprint density at radius 1 is 1.43 bits per heavy atom. The maximum atomic E-state index is 12.0. The molecule has 0 spiro atoms. The number of nitrogens with two attached hydrogens (primary N) is 1. The van der Waals surface area contributed by atoms with E-state index in [9.17, 15) is 21.6 Å². The van der Waals surface area contributed by atoms with Crippen molar-refractivity contribution in [3.8, 4) is 0 Å². The molecule has 1 rings (SSSR count). The van der Waals surface area contributed by atoms with Gasteiger partial charge < -0.3 is 10.3 Å². The Hall–Kier alpha value is -0.710. The fourth-order valence-electron chi connectivity index (χ4n) is 1.72. The van der Waals surface area contributed by atoms with Gasteiger partial charge in [0.1, 0.15) is 0 Å². The number of sulfonamides is 1. The first-order valence-electron chi connectivity index (χ1n) is 6.29. The molecule has 0 saturated carbocycles. The van der Waals surface area contributed by atoms with Crippen LogP contribution < -0.4 is 10.5 Å². The van der Waals surface area contributed by atoms with E-state index in [1.54, 1.807) is 4.57 Å². The first-order valence-corrected chi connectivity index (χ1v) is 8.76. The van der Waals surface area contributed by atoms with Crippen molar-refractivity contribution in [2.24, 2.45) is 5.73 Å². The molecular weight excluding hydrogens is 327 g/mol. The number of hydrogen-bond acceptors (Lipinski definition) is 4. The van der Waals surface area contributed by atoms with E-state index in [2.05, 4.69) is 4.72 Å². The lowest BCUT2D eigenvalue weighted by atomic mass is 10.4. The van der Waals surface area contributed by atoms with Crippen molar-refractivity contribution in [1.29, 1.82) is 0 Å². The highest BCUT2D eigenvalue weighted by atomic mass is 32.2. The van der Waals surface area contributed by atoms with E-state index >= 15 is 0 Å². The Balaban J connectivity index is 2.70. The van der Waals surface area contributed by atoms with E-state index in [0.717, 1.165) is 6.42 Å². The van der Waals surface area contributed by atoms with Gasteiger partial charge >= 0.3 is 5.51 Å². The molecule has 1 heterocycles. The van der Waals surface area contributed by atoms with Crippen molar-refractivity contribution < 1.29 is 21.6 Å². The van der Waals surface area contributed by atoms with Crippen LogP contribution in [0.4, 0.5) is 13.2 Å². The number of aryl methyl sites for hydroxylation is 1. The maximum absolute atomic E-state index is 12.0. The molecule has 0 aliphatic carbocycles. The molecule has 3 N–H and O–H groups in total. The first-order chi connectivity index (χ1) is 9.69. The van der Waals surface area contributed by atoms with Crippen molar-refractivity contribution in [2.45, 2.75) is 36.8 Å². The van der Waals surface area contributed by atoms with E-state index in [4.69, 9.17) is 5.73 Å². The SMILES string of the molecule is CCCn1cc(S(=O)(=O)NCCSC(F)(F)F)cc1CN. The summed E-state index contributed by atoms with van der Waals surface area (Å²) in [5.74, 6) is -0.373. The largest absolute Gasteiger partial charge is 0.441 e. The molecule has 0 saturated heterocycles. The quantitative estimate of drug-likeness (QED) is 0.706. The molecular formula is C11H18F3N3O2S2. The van der Waals surface area contributed by atoms with Gasteiger partial charge in [-0.2, -0.15) is 13.2 Å². The second kappa shape index (κ2) is 7.52. The van der Waals surface area contributed by atoms with E-state index in [-0.39, 0.29) is 35.5 Å². The Morgan fingerprint density at radius 3 is 2.62 bits per heavy atom. The standard InChI is InChI=1S/C11H18F3N3O2S2/c1-2-4-17-8-10(6-9(17)7-15)21(18,19)16-3-5-20-11(12,13)14/h6,8,16H,2-5,7,15H2,1H3. The molecule has 0 bridgehead atoms. The molecule has 0 unspecified atom stereocenters. The Morgan fingerprint density at radius 2 is 2.10 bits per heavy atom. The lowest BCUT2D eigenvalue weighted by Crippen LogP contribution is -2.26. The molecule has 21 heavy (non-hydrogen) atoms. The fraction of sp³-hybridized carbons (Fsp3) is 0.636. The lowest BCUT2D eigenvalue weighted by Gasteiger charge is -2.07. The molecule has 0 radical (unpaired) electrons. The van der Waals surface area contributed by atoms with Crippen LogP contribution in [0.1, 0.15) is 19.0 Å². The summed E-state index contributed by atoms with van der Waals surface area (Å²) in [6.45, 7) is 2.48. The van der Waals surface area contributed by atoms with E-state index < -0.39 is 15.5 Å². The van der Waals surface area contributed by atoms with Crippen molar-refractivity contribution in [3.05, 3.63) is 18.0 Å². The van der Waals surface area contributed by atoms with Crippen molar-refractivity contribution in [2.75, 3.05) is 12.3 Å². The van der Waals surface area contributed by atoms with Crippen LogP contribution in [0.3, 0.4) is 0 Å². The predicted octanol–water partition coefficient (Wildman–Crippen LogP) is 1.89. The van der Waals surface area contributed by atoms with Crippen LogP contribution in [0.5, 0.6) is 0 Å². The van der Waals surface area contributed by atoms with Gasteiger partial charge in [0.2, 0.25) is 10.0 Å². The van der Waals surface area contributed by atoms with Crippen LogP contribution in [0.15, 0.2) is 17.2 Å². The van der Waals surface area contributed by atoms with Crippen LogP contribution in [0, 0.1) is 0 Å². The number of nitrogens with one attached hydrogen (secondary N) is 1. The number of halogens is 3. The fourth-order valence-corrected chi connectivity index (χ4v) is 3.38. The molecule has 0 aliphatic heterocycles. The van der Waals surface area contributed by atoms with E-state index in [0.29, 0.717) is 12.2 Å². The highest BCUT2D eigenvalue weighted by Crippen LogP contribution is 2.29. The van der Waals surface area contributed by atoms with Crippen LogP contribution in [0.2, 0.25) is 0 Å². The predicted molar refractivity (Wildman–Crippen MR) is 76.3 cm³/mol. The molecule has 0 aliphatic rings. The lowest BCUT2D eigenvalue weighted by molar-refractivity contribution is -0.0327. The number of aromatic nitrogens is 1. The summed E-state index contributed by atoms with van der Waals surface area (Å²) in [5, 5.41) is 0. The zero-order chi connectivity index (χ0) is 16.1. The zero-order valence-corrected chi connectivity index (χ0v) is 13.1. The second-order valence-corrected chi connectivity index (χ2v) is 7.18. The van der Waals surface area contributed by atoms with Gasteiger partial charge in [0, 0.05) is 37.3 Å². The summed E-state index contributed by atoms with van der Waals surface area (Å²) in [7, 11) is -3.82. The smallest absolute Gasteiger partial charge is 0.349 e. The third kappa shape index (κ3) is 5.89. The molecule has 1 aromatic heterocycles. The number of nitrogens with zero attached hydrogens (tertiary/aromatic N) is 1. The molecule has 0 atom stereocenters. The molecule has 0 aromatic carbocycles. The third-order valence-corrected chi connectivity index (χ3v) is 4.77. The number of alkyl halides is 3. The van der Waals surface area contributed by atoms with Gasteiger partial charge in [-0.25, -0.2) is 13.1 Å². The normalized spacial score (nSPS) is 12.8. The van der Waals surface area contributed by atoms with Crippen molar-refractivity contribution >= 4 is 21.8 Å². The van der Waals surface area contributed by atoms with Gasteiger partial charge in [-0.1, -0.05) is 6.92 Å². The zero-order valence-electron chi connectivity index (χ0n) is 11.5. The molecule has 5 nitrogen and oxygen atoms in total. The number of thioether (sulfide) groups is 1. The highest BCUT2D eigenvalue weighted by molar-refractivity contribution is 8.00. The van der Waals surface area contributed by atoms with Crippen LogP contribution in [-0.2, 0) is 23.1 Å². The molecule has 122 valence electrons. The average molecular weight is 345 g/mol. The topological polar surface area (TPSA) is 77.1 Å². The van der Waals surface area contributed by atoms with Gasteiger partial charge in [0.25, 0.3) is 0 Å². The van der Waals surface area contributed by atoms with E-state index in [1.165, 1.54) is 12.3 Å². The molecule has 0 amide bonds. The Kier molecular flexibility index (Phi) is 6.57. The van der Waals surface area contributed by atoms with Gasteiger partial charge in [0.15, 0.2) is 0 Å². The summed E-state index contributed by atoms with van der Waals surface area (Å²) in [6, 6.07) is 1.44. The molecule has 0 fully saturated rings. The monoisotopic (exact) mass is 345 g/mol. The van der Waals surface area contributed by atoms with Crippen molar-refractivity contribution in [1.82, 2.24) is 9.29 Å². The van der Waals surface area contributed by atoms with Gasteiger partial charge in [-0.05, 0) is 24.2 Å². The van der Waals surface area contributed by atoms with Crippen LogP contribution in [-0.4, -0.2) is 30.8 Å². The second-order valence-electron chi connectivity index (χ2n) is 4.26. The van der Waals surface area contributed by atoms with Gasteiger partial charge in [-0.15, -0.1) is 0 Å². The average Bonchev–Trinajstić information content (AvgIpc) is 2.78. The van der Waals surface area contributed by atoms with Crippen LogP contribution in [0.25, 0.3) is 0 Å². The molecule has 10 heteroatoms. The highest BCUT2D eigenvalue weighted by Gasteiger charge is 2.28. The maximum Gasteiger partial charge on any atom is 0.441 e. The summed E-state index contributed by atoms with van der Waals surface area (Å²) in [6.07, 6.45) is 2.27. The van der Waals surface area contributed by atoms with Crippen LogP contribution >= 0.6 is 11.8 Å². The minimum absolute atomic E-state index is 0.0217. The third-order valence-electron chi connectivity index (χ3n) is 2.60. The van der Waals surface area contributed by atoms with Gasteiger partial charge in [0.05, 0.1) is 4.90 Å². The minimum atomic E-state index is -4.36. The number of rotatable bonds is 8. The Bertz CT molecular complexity index is 556. The number of hydrogen-bond donors (Lipinski definition) is 2. The molecule has 1 aromatic rings. The summed E-state index contributed by atoms with van der Waals surface area (Å²) in [5.41, 5.74) is 1.85. The summed E-state index contributed by atoms with van der Waals surface area (Å²) in [4.78, 5) is 0.0217. The minimum Gasteiger partial charge on any atom is -0.349 e. The Labute approximate surface area is 126 Å². The summed E-state index contributed by atoms with van der Waals surface area (Å²) < 4.78 is 63.7. The summed E-state index contributed by atoms with van der Waals surface area (Å²) >= 11 is -0.262. The van der Waals surface area contributed by atoms with Crippen molar-refractivity contribution in [3.63, 3.8) is 0 Å².